The lowest BCUT2D eigenvalue weighted by molar-refractivity contribution is -0.205. The van der Waals surface area contributed by atoms with E-state index in [1.54, 1.807) is 6.26 Å². The Morgan fingerprint density at radius 1 is 1.00 bits per heavy atom. The van der Waals surface area contributed by atoms with Gasteiger partial charge in [0.25, 0.3) is 0 Å². The van der Waals surface area contributed by atoms with E-state index in [0.29, 0.717) is 17.8 Å². The van der Waals surface area contributed by atoms with E-state index in [1.807, 2.05) is 6.07 Å². The third-order valence-electron chi connectivity index (χ3n) is 9.95. The Morgan fingerprint density at radius 2 is 1.82 bits per heavy atom. The van der Waals surface area contributed by atoms with Gasteiger partial charge in [-0.05, 0) is 98.5 Å². The molecule has 5 rings (SSSR count). The number of fused-ring (bicyclic) bond motifs is 5. The van der Waals surface area contributed by atoms with E-state index in [0.717, 1.165) is 56.9 Å². The highest BCUT2D eigenvalue weighted by Gasteiger charge is 2.67. The molecule has 0 radical (unpaired) electrons. The maximum absolute atomic E-state index is 12.2. The van der Waals surface area contributed by atoms with Crippen LogP contribution in [0.3, 0.4) is 0 Å². The summed E-state index contributed by atoms with van der Waals surface area (Å²) in [4.78, 5) is 11.4. The van der Waals surface area contributed by atoms with Crippen LogP contribution >= 0.6 is 0 Å². The SMILES string of the molecule is C[C@]12CC[C@H](O)C[C@H]1CC[C@@H]1[C@@H]2CC[C@]2(C)C(c3ccc(=O)oc3)CC[C@]12O. The molecule has 0 bridgehead atoms. The van der Waals surface area contributed by atoms with Gasteiger partial charge in [-0.15, -0.1) is 0 Å². The van der Waals surface area contributed by atoms with Gasteiger partial charge in [-0.2, -0.15) is 0 Å². The van der Waals surface area contributed by atoms with Crippen LogP contribution in [0.1, 0.15) is 83.1 Å². The molecule has 0 aliphatic heterocycles. The second kappa shape index (κ2) is 6.18. The minimum absolute atomic E-state index is 0.129. The van der Waals surface area contributed by atoms with Gasteiger partial charge in [-0.1, -0.05) is 13.8 Å². The van der Waals surface area contributed by atoms with Crippen LogP contribution in [0.15, 0.2) is 27.6 Å². The molecule has 4 heteroatoms. The van der Waals surface area contributed by atoms with Gasteiger partial charge < -0.3 is 14.6 Å². The summed E-state index contributed by atoms with van der Waals surface area (Å²) in [5.41, 5.74) is 0.219. The molecule has 4 saturated carbocycles. The molecule has 4 nitrogen and oxygen atoms in total. The van der Waals surface area contributed by atoms with Crippen molar-refractivity contribution in [2.75, 3.05) is 0 Å². The average Bonchev–Trinajstić information content (AvgIpc) is 2.95. The quantitative estimate of drug-likeness (QED) is 0.757. The normalized spacial score (nSPS) is 50.5. The Kier molecular flexibility index (Phi) is 4.17. The first-order valence-corrected chi connectivity index (χ1v) is 11.3. The van der Waals surface area contributed by atoms with Gasteiger partial charge in [0.15, 0.2) is 0 Å². The van der Waals surface area contributed by atoms with Crippen LogP contribution in [0.4, 0.5) is 0 Å². The summed E-state index contributed by atoms with van der Waals surface area (Å²) in [6.07, 6.45) is 10.7. The highest BCUT2D eigenvalue weighted by molar-refractivity contribution is 5.27. The van der Waals surface area contributed by atoms with Crippen LogP contribution in [0.5, 0.6) is 0 Å². The summed E-state index contributed by atoms with van der Waals surface area (Å²) in [6, 6.07) is 3.42. The van der Waals surface area contributed by atoms with Crippen LogP contribution in [0, 0.1) is 28.6 Å². The zero-order valence-corrected chi connectivity index (χ0v) is 17.2. The molecule has 2 N–H and O–H groups in total. The lowest BCUT2D eigenvalue weighted by atomic mass is 9.43. The van der Waals surface area contributed by atoms with Crippen molar-refractivity contribution >= 4 is 0 Å². The molecule has 8 atom stereocenters. The molecule has 4 aliphatic carbocycles. The Balaban J connectivity index is 1.48. The van der Waals surface area contributed by atoms with E-state index in [9.17, 15) is 15.0 Å². The van der Waals surface area contributed by atoms with E-state index in [1.165, 1.54) is 12.5 Å². The van der Waals surface area contributed by atoms with Crippen molar-refractivity contribution in [3.05, 3.63) is 34.4 Å². The lowest BCUT2D eigenvalue weighted by Gasteiger charge is -2.63. The molecule has 154 valence electrons. The zero-order chi connectivity index (χ0) is 19.7. The van der Waals surface area contributed by atoms with Gasteiger partial charge in [-0.25, -0.2) is 4.79 Å². The fraction of sp³-hybridized carbons (Fsp3) is 0.792. The van der Waals surface area contributed by atoms with Crippen LogP contribution in [-0.4, -0.2) is 21.9 Å². The molecule has 1 heterocycles. The first-order chi connectivity index (χ1) is 13.3. The molecule has 0 spiro atoms. The van der Waals surface area contributed by atoms with Gasteiger partial charge in [0, 0.05) is 11.5 Å². The summed E-state index contributed by atoms with van der Waals surface area (Å²) in [6.45, 7) is 4.73. The molecule has 4 aliphatic rings. The predicted molar refractivity (Wildman–Crippen MR) is 107 cm³/mol. The zero-order valence-electron chi connectivity index (χ0n) is 17.2. The third kappa shape index (κ3) is 2.40. The molecule has 0 aromatic carbocycles. The van der Waals surface area contributed by atoms with Gasteiger partial charge in [0.1, 0.15) is 0 Å². The topological polar surface area (TPSA) is 70.7 Å². The molecule has 1 aromatic rings. The summed E-state index contributed by atoms with van der Waals surface area (Å²) >= 11 is 0. The van der Waals surface area contributed by atoms with E-state index in [-0.39, 0.29) is 28.5 Å². The summed E-state index contributed by atoms with van der Waals surface area (Å²) < 4.78 is 5.17. The van der Waals surface area contributed by atoms with Crippen molar-refractivity contribution in [3.63, 3.8) is 0 Å². The van der Waals surface area contributed by atoms with E-state index in [4.69, 9.17) is 4.42 Å². The summed E-state index contributed by atoms with van der Waals surface area (Å²) in [5.74, 6) is 1.76. The molecule has 1 aromatic heterocycles. The highest BCUT2D eigenvalue weighted by atomic mass is 16.4. The Morgan fingerprint density at radius 3 is 2.57 bits per heavy atom. The Bertz CT molecular complexity index is 797. The third-order valence-corrected chi connectivity index (χ3v) is 9.95. The number of hydrogen-bond donors (Lipinski definition) is 2. The molecule has 0 saturated heterocycles. The van der Waals surface area contributed by atoms with Crippen molar-refractivity contribution in [3.8, 4) is 0 Å². The van der Waals surface area contributed by atoms with Crippen LogP contribution in [0.2, 0.25) is 0 Å². The summed E-state index contributed by atoms with van der Waals surface area (Å²) in [7, 11) is 0. The van der Waals surface area contributed by atoms with Crippen molar-refractivity contribution in [1.29, 1.82) is 0 Å². The van der Waals surface area contributed by atoms with Gasteiger partial charge in [0.05, 0.1) is 18.0 Å². The minimum atomic E-state index is -0.638. The van der Waals surface area contributed by atoms with Gasteiger partial charge in [0.2, 0.25) is 0 Å². The second-order valence-electron chi connectivity index (χ2n) is 10.8. The molecule has 0 amide bonds. The van der Waals surface area contributed by atoms with Crippen LogP contribution < -0.4 is 5.63 Å². The van der Waals surface area contributed by atoms with Crippen molar-refractivity contribution in [1.82, 2.24) is 0 Å². The minimum Gasteiger partial charge on any atom is -0.431 e. The molecular formula is C24H34O4. The average molecular weight is 387 g/mol. The van der Waals surface area contributed by atoms with Crippen molar-refractivity contribution < 1.29 is 14.6 Å². The molecule has 1 unspecified atom stereocenters. The summed E-state index contributed by atoms with van der Waals surface area (Å²) in [5, 5.41) is 22.4. The number of hydrogen-bond acceptors (Lipinski definition) is 4. The fourth-order valence-electron chi connectivity index (χ4n) is 8.30. The number of aliphatic hydroxyl groups is 2. The first-order valence-electron chi connectivity index (χ1n) is 11.3. The standard InChI is InChI=1S/C24H34O4/c1-22-10-7-17(25)13-16(22)4-5-20-19(22)8-11-23(2)18(9-12-24(20,23)27)15-3-6-21(26)28-14-15/h3,6,14,16-20,25,27H,4-5,7-13H2,1-2H3/t16-,17+,18?,19+,20-,22+,23-,24+/m1/s1. The molecule has 4 fully saturated rings. The maximum Gasteiger partial charge on any atom is 0.335 e. The fourth-order valence-corrected chi connectivity index (χ4v) is 8.30. The van der Waals surface area contributed by atoms with Gasteiger partial charge >= 0.3 is 5.63 Å². The highest BCUT2D eigenvalue weighted by Crippen LogP contribution is 2.70. The Labute approximate surface area is 167 Å². The Hall–Kier alpha value is -1.13. The van der Waals surface area contributed by atoms with Gasteiger partial charge in [-0.3, -0.25) is 0 Å². The van der Waals surface area contributed by atoms with Crippen LogP contribution in [-0.2, 0) is 0 Å². The van der Waals surface area contributed by atoms with Crippen molar-refractivity contribution in [2.24, 2.45) is 28.6 Å². The first kappa shape index (κ1) is 18.9. The second-order valence-corrected chi connectivity index (χ2v) is 10.8. The molecular weight excluding hydrogens is 352 g/mol. The largest absolute Gasteiger partial charge is 0.431 e. The van der Waals surface area contributed by atoms with E-state index >= 15 is 0 Å². The number of rotatable bonds is 1. The van der Waals surface area contributed by atoms with E-state index in [2.05, 4.69) is 13.8 Å². The monoisotopic (exact) mass is 386 g/mol. The van der Waals surface area contributed by atoms with Crippen LogP contribution in [0.25, 0.3) is 0 Å². The predicted octanol–water partition coefficient (Wildman–Crippen LogP) is 4.24. The maximum atomic E-state index is 12.2. The van der Waals surface area contributed by atoms with E-state index < -0.39 is 5.60 Å². The lowest BCUT2D eigenvalue weighted by Crippen LogP contribution is -2.62. The molecule has 28 heavy (non-hydrogen) atoms. The number of aliphatic hydroxyl groups excluding tert-OH is 1. The smallest absolute Gasteiger partial charge is 0.335 e. The van der Waals surface area contributed by atoms with Crippen molar-refractivity contribution in [2.45, 2.75) is 89.3 Å².